The first kappa shape index (κ1) is 75.8. The Balaban J connectivity index is 4.14. The van der Waals surface area contributed by atoms with Gasteiger partial charge < -0.3 is 14.2 Å². The monoisotopic (exact) mass is 1110 g/mol. The minimum atomic E-state index is -0.781. The lowest BCUT2D eigenvalue weighted by molar-refractivity contribution is -0.167. The Labute approximate surface area is 494 Å². The third-order valence-electron chi connectivity index (χ3n) is 14.2. The SMILES string of the molecule is CC/C=C\C/C=C\C/C=C\C/C=C\C/C=C\C/C=C\C/C=C\C/C=C\CCCCCCCCCCCCC(=O)OCC(COC(=O)CCCCCCCCCC)OC(=O)CCCCCCCCCCC/C=C\C/C=C\CCCCC. The van der Waals surface area contributed by atoms with Crippen LogP contribution >= 0.6 is 0 Å². The van der Waals surface area contributed by atoms with E-state index in [1.54, 1.807) is 0 Å². The van der Waals surface area contributed by atoms with Crippen LogP contribution in [0.25, 0.3) is 0 Å². The third-order valence-corrected chi connectivity index (χ3v) is 14.2. The molecule has 1 atom stereocenters. The minimum Gasteiger partial charge on any atom is -0.462 e. The molecule has 0 rings (SSSR count). The fraction of sp³-hybridized carbons (Fsp3) is 0.689. The van der Waals surface area contributed by atoms with Crippen LogP contribution in [0.3, 0.4) is 0 Å². The normalized spacial score (nSPS) is 12.9. The standard InChI is InChI=1S/C74H124O6/c1-4-7-10-13-16-19-21-23-25-27-29-30-31-32-33-34-35-36-37-38-39-40-41-42-43-44-46-47-49-51-53-55-58-61-64-67-73(76)79-70-71(69-78-72(75)66-63-60-57-18-15-12-9-6-3)80-74(77)68-65-62-59-56-54-52-50-48-45-28-26-24-22-20-17-14-11-8-5-2/h7,10,16-17,19-20,23-26,29-30,32-33,35-36,38-39,41-42,71H,4-6,8-9,11-15,18,21-22,27-28,31,34,37,40,43-70H2,1-3H3/b10-7-,19-16-,20-17-,25-23-,26-24-,30-29-,33-32-,36-35-,39-38-,42-41-. The molecule has 0 amide bonds. The van der Waals surface area contributed by atoms with Crippen molar-refractivity contribution in [1.29, 1.82) is 0 Å². The summed E-state index contributed by atoms with van der Waals surface area (Å²) in [4.78, 5) is 38.2. The van der Waals surface area contributed by atoms with Crippen LogP contribution in [0.5, 0.6) is 0 Å². The molecule has 0 aromatic heterocycles. The van der Waals surface area contributed by atoms with Crippen LogP contribution in [0.2, 0.25) is 0 Å². The van der Waals surface area contributed by atoms with Crippen molar-refractivity contribution in [3.8, 4) is 0 Å². The molecule has 0 saturated heterocycles. The summed E-state index contributed by atoms with van der Waals surface area (Å²) in [5.74, 6) is -0.886. The zero-order valence-electron chi connectivity index (χ0n) is 52.3. The Morgan fingerprint density at radius 2 is 0.487 bits per heavy atom. The Bertz CT molecular complexity index is 1650. The molecule has 0 aliphatic carbocycles. The first-order chi connectivity index (χ1) is 39.5. The van der Waals surface area contributed by atoms with Gasteiger partial charge in [-0.3, -0.25) is 14.4 Å². The average Bonchev–Trinajstić information content (AvgIpc) is 3.46. The van der Waals surface area contributed by atoms with Gasteiger partial charge in [0.2, 0.25) is 0 Å². The van der Waals surface area contributed by atoms with E-state index in [9.17, 15) is 14.4 Å². The van der Waals surface area contributed by atoms with Crippen LogP contribution in [0.15, 0.2) is 122 Å². The zero-order valence-corrected chi connectivity index (χ0v) is 52.3. The van der Waals surface area contributed by atoms with Crippen LogP contribution < -0.4 is 0 Å². The van der Waals surface area contributed by atoms with Crippen LogP contribution in [-0.4, -0.2) is 37.2 Å². The molecule has 0 saturated carbocycles. The summed E-state index contributed by atoms with van der Waals surface area (Å²) in [5, 5.41) is 0. The Morgan fingerprint density at radius 1 is 0.263 bits per heavy atom. The van der Waals surface area contributed by atoms with E-state index in [1.807, 2.05) is 0 Å². The van der Waals surface area contributed by atoms with Gasteiger partial charge in [-0.15, -0.1) is 0 Å². The number of carbonyl (C=O) groups excluding carboxylic acids is 3. The highest BCUT2D eigenvalue weighted by Crippen LogP contribution is 2.16. The molecule has 0 aliphatic rings. The molecule has 0 aromatic rings. The lowest BCUT2D eigenvalue weighted by Crippen LogP contribution is -2.30. The summed E-state index contributed by atoms with van der Waals surface area (Å²) >= 11 is 0. The van der Waals surface area contributed by atoms with Crippen molar-refractivity contribution < 1.29 is 28.6 Å². The molecule has 0 bridgehead atoms. The summed E-state index contributed by atoms with van der Waals surface area (Å²) in [7, 11) is 0. The van der Waals surface area contributed by atoms with Gasteiger partial charge in [-0.05, 0) is 116 Å². The molecule has 456 valence electrons. The van der Waals surface area contributed by atoms with Crippen molar-refractivity contribution in [1.82, 2.24) is 0 Å². The Hall–Kier alpha value is -4.19. The number of allylic oxidation sites excluding steroid dienone is 20. The average molecular weight is 1110 g/mol. The topological polar surface area (TPSA) is 78.9 Å². The predicted octanol–water partition coefficient (Wildman–Crippen LogP) is 23.2. The number of rotatable bonds is 60. The fourth-order valence-electron chi connectivity index (χ4n) is 9.20. The predicted molar refractivity (Wildman–Crippen MR) is 348 cm³/mol. The van der Waals surface area contributed by atoms with Crippen LogP contribution in [-0.2, 0) is 28.6 Å². The second kappa shape index (κ2) is 67.3. The Morgan fingerprint density at radius 3 is 0.787 bits per heavy atom. The first-order valence-electron chi connectivity index (χ1n) is 33.5. The maximum Gasteiger partial charge on any atom is 0.306 e. The molecule has 0 fully saturated rings. The van der Waals surface area contributed by atoms with Gasteiger partial charge in [0.15, 0.2) is 6.10 Å². The summed E-state index contributed by atoms with van der Waals surface area (Å²) in [6, 6.07) is 0. The third kappa shape index (κ3) is 64.6. The van der Waals surface area contributed by atoms with Gasteiger partial charge in [0.25, 0.3) is 0 Å². The lowest BCUT2D eigenvalue weighted by atomic mass is 10.1. The van der Waals surface area contributed by atoms with E-state index in [0.717, 1.165) is 116 Å². The highest BCUT2D eigenvalue weighted by molar-refractivity contribution is 5.71. The highest BCUT2D eigenvalue weighted by Gasteiger charge is 2.19. The van der Waals surface area contributed by atoms with E-state index < -0.39 is 6.10 Å². The van der Waals surface area contributed by atoms with Crippen LogP contribution in [0, 0.1) is 0 Å². The summed E-state index contributed by atoms with van der Waals surface area (Å²) in [6.45, 7) is 6.48. The number of ether oxygens (including phenoxy) is 3. The smallest absolute Gasteiger partial charge is 0.306 e. The first-order valence-corrected chi connectivity index (χ1v) is 33.5. The van der Waals surface area contributed by atoms with Gasteiger partial charge in [0, 0.05) is 19.3 Å². The minimum absolute atomic E-state index is 0.0795. The van der Waals surface area contributed by atoms with Gasteiger partial charge in [-0.2, -0.15) is 0 Å². The van der Waals surface area contributed by atoms with Crippen LogP contribution in [0.1, 0.15) is 310 Å². The van der Waals surface area contributed by atoms with Crippen molar-refractivity contribution in [3.05, 3.63) is 122 Å². The molecule has 80 heavy (non-hydrogen) atoms. The zero-order chi connectivity index (χ0) is 57.8. The van der Waals surface area contributed by atoms with Crippen molar-refractivity contribution in [2.45, 2.75) is 316 Å². The second-order valence-corrected chi connectivity index (χ2v) is 22.0. The van der Waals surface area contributed by atoms with E-state index in [4.69, 9.17) is 14.2 Å². The van der Waals surface area contributed by atoms with E-state index in [0.29, 0.717) is 19.3 Å². The van der Waals surface area contributed by atoms with Gasteiger partial charge >= 0.3 is 17.9 Å². The molecule has 6 nitrogen and oxygen atoms in total. The summed E-state index contributed by atoms with van der Waals surface area (Å²) < 4.78 is 16.9. The molecular weight excluding hydrogens is 985 g/mol. The van der Waals surface area contributed by atoms with Gasteiger partial charge in [0.1, 0.15) is 13.2 Å². The molecule has 0 N–H and O–H groups in total. The van der Waals surface area contributed by atoms with Crippen LogP contribution in [0.4, 0.5) is 0 Å². The van der Waals surface area contributed by atoms with E-state index >= 15 is 0 Å². The Kier molecular flexibility index (Phi) is 63.8. The lowest BCUT2D eigenvalue weighted by Gasteiger charge is -2.18. The van der Waals surface area contributed by atoms with Gasteiger partial charge in [-0.25, -0.2) is 0 Å². The maximum absolute atomic E-state index is 12.9. The number of carbonyl (C=O) groups is 3. The maximum atomic E-state index is 12.9. The molecular formula is C74H124O6. The van der Waals surface area contributed by atoms with Gasteiger partial charge in [0.05, 0.1) is 0 Å². The second-order valence-electron chi connectivity index (χ2n) is 22.0. The van der Waals surface area contributed by atoms with E-state index in [2.05, 4.69) is 142 Å². The highest BCUT2D eigenvalue weighted by atomic mass is 16.6. The molecule has 0 aromatic carbocycles. The molecule has 0 radical (unpaired) electrons. The van der Waals surface area contributed by atoms with Crippen molar-refractivity contribution in [2.75, 3.05) is 13.2 Å². The quantitative estimate of drug-likeness (QED) is 0.0261. The molecule has 6 heteroatoms. The van der Waals surface area contributed by atoms with Gasteiger partial charge in [-0.1, -0.05) is 296 Å². The largest absolute Gasteiger partial charge is 0.462 e. The molecule has 1 unspecified atom stereocenters. The van der Waals surface area contributed by atoms with Crippen molar-refractivity contribution in [3.63, 3.8) is 0 Å². The fourth-order valence-corrected chi connectivity index (χ4v) is 9.20. The number of hydrogen-bond donors (Lipinski definition) is 0. The van der Waals surface area contributed by atoms with E-state index in [1.165, 1.54) is 154 Å². The van der Waals surface area contributed by atoms with E-state index in [-0.39, 0.29) is 31.1 Å². The number of esters is 3. The number of hydrogen-bond acceptors (Lipinski definition) is 6. The molecule has 0 aliphatic heterocycles. The number of unbranched alkanes of at least 4 members (excludes halogenated alkanes) is 29. The van der Waals surface area contributed by atoms with Crippen molar-refractivity contribution >= 4 is 17.9 Å². The summed E-state index contributed by atoms with van der Waals surface area (Å²) in [5.41, 5.74) is 0. The van der Waals surface area contributed by atoms with Crippen molar-refractivity contribution in [2.24, 2.45) is 0 Å². The molecule has 0 heterocycles. The molecule has 0 spiro atoms. The summed E-state index contributed by atoms with van der Waals surface area (Å²) in [6.07, 6.45) is 93.7.